The molecule has 1 saturated carbocycles. The van der Waals surface area contributed by atoms with Gasteiger partial charge in [0.1, 0.15) is 4.83 Å². The first-order valence-corrected chi connectivity index (χ1v) is 7.68. The first kappa shape index (κ1) is 11.8. The first-order chi connectivity index (χ1) is 9.74. The molecule has 4 rings (SSSR count). The third kappa shape index (κ3) is 1.87. The summed E-state index contributed by atoms with van der Waals surface area (Å²) >= 11 is 1.67. The van der Waals surface area contributed by atoms with Crippen LogP contribution in [0.15, 0.2) is 18.3 Å². The summed E-state index contributed by atoms with van der Waals surface area (Å²) in [5.41, 5.74) is 6.99. The highest BCUT2D eigenvalue weighted by Crippen LogP contribution is 2.39. The molecule has 0 spiro atoms. The van der Waals surface area contributed by atoms with E-state index in [1.165, 1.54) is 17.7 Å². The van der Waals surface area contributed by atoms with E-state index in [-0.39, 0.29) is 0 Å². The van der Waals surface area contributed by atoms with E-state index in [2.05, 4.69) is 34.1 Å². The maximum absolute atomic E-state index is 5.84. The monoisotopic (exact) mass is 285 g/mol. The van der Waals surface area contributed by atoms with Gasteiger partial charge in [-0.1, -0.05) is 6.92 Å². The molecule has 0 bridgehead atoms. The number of aryl methyl sites for hydroxylation is 1. The highest BCUT2D eigenvalue weighted by atomic mass is 32.1. The van der Waals surface area contributed by atoms with E-state index in [1.807, 2.05) is 10.9 Å². The van der Waals surface area contributed by atoms with Crippen molar-refractivity contribution >= 4 is 27.5 Å². The fourth-order valence-corrected chi connectivity index (χ4v) is 3.34. The summed E-state index contributed by atoms with van der Waals surface area (Å²) in [6.45, 7) is 2.14. The van der Waals surface area contributed by atoms with E-state index in [1.54, 1.807) is 11.3 Å². The predicted molar refractivity (Wildman–Crippen MR) is 80.3 cm³/mol. The van der Waals surface area contributed by atoms with Gasteiger partial charge in [0.2, 0.25) is 5.95 Å². The quantitative estimate of drug-likeness (QED) is 0.803. The number of anilines is 1. The smallest absolute Gasteiger partial charge is 0.223 e. The Bertz CT molecular complexity index is 784. The van der Waals surface area contributed by atoms with Crippen molar-refractivity contribution in [2.45, 2.75) is 32.1 Å². The average Bonchev–Trinajstić information content (AvgIpc) is 3.02. The summed E-state index contributed by atoms with van der Waals surface area (Å²) in [6, 6.07) is 4.22. The van der Waals surface area contributed by atoms with E-state index in [9.17, 15) is 0 Å². The highest BCUT2D eigenvalue weighted by Gasteiger charge is 2.26. The van der Waals surface area contributed by atoms with Crippen molar-refractivity contribution in [3.05, 3.63) is 28.9 Å². The molecule has 0 unspecified atom stereocenters. The van der Waals surface area contributed by atoms with Crippen LogP contribution in [0.1, 0.15) is 36.3 Å². The van der Waals surface area contributed by atoms with Crippen LogP contribution in [0.5, 0.6) is 0 Å². The molecule has 0 atom stereocenters. The molecular weight excluding hydrogens is 270 g/mol. The largest absolute Gasteiger partial charge is 0.368 e. The van der Waals surface area contributed by atoms with E-state index in [4.69, 9.17) is 5.73 Å². The van der Waals surface area contributed by atoms with Crippen LogP contribution in [0.3, 0.4) is 0 Å². The molecule has 6 heteroatoms. The Balaban J connectivity index is 1.89. The second-order valence-electron chi connectivity index (χ2n) is 5.15. The molecule has 3 heterocycles. The fraction of sp³-hybridized carbons (Fsp3) is 0.357. The van der Waals surface area contributed by atoms with Crippen molar-refractivity contribution in [2.24, 2.45) is 0 Å². The molecule has 0 amide bonds. The molecule has 0 aromatic carbocycles. The van der Waals surface area contributed by atoms with Crippen molar-refractivity contribution in [2.75, 3.05) is 5.73 Å². The van der Waals surface area contributed by atoms with Crippen LogP contribution in [0, 0.1) is 0 Å². The van der Waals surface area contributed by atoms with Gasteiger partial charge < -0.3 is 5.73 Å². The Morgan fingerprint density at radius 2 is 2.25 bits per heavy atom. The lowest BCUT2D eigenvalue weighted by atomic mass is 10.3. The maximum Gasteiger partial charge on any atom is 0.223 e. The van der Waals surface area contributed by atoms with Crippen LogP contribution in [0.25, 0.3) is 16.0 Å². The molecule has 0 saturated heterocycles. The van der Waals surface area contributed by atoms with Crippen molar-refractivity contribution in [3.8, 4) is 5.82 Å². The SMILES string of the molecule is CCc1cc2c(-n3ccc(C4CC4)n3)nc(N)nc2s1. The van der Waals surface area contributed by atoms with Crippen molar-refractivity contribution < 1.29 is 0 Å². The number of fused-ring (bicyclic) bond motifs is 1. The van der Waals surface area contributed by atoms with Gasteiger partial charge in [-0.2, -0.15) is 10.1 Å². The molecule has 2 N–H and O–H groups in total. The molecular formula is C14H15N5S. The topological polar surface area (TPSA) is 69.6 Å². The zero-order valence-electron chi connectivity index (χ0n) is 11.2. The number of nitrogens with zero attached hydrogens (tertiary/aromatic N) is 4. The Morgan fingerprint density at radius 1 is 1.40 bits per heavy atom. The Hall–Kier alpha value is -1.95. The standard InChI is InChI=1S/C14H15N5S/c1-2-9-7-10-12(16-14(15)17-13(10)20-9)19-6-5-11(18-19)8-3-4-8/h5-8H,2-4H2,1H3,(H2,15,16,17). The Kier molecular flexibility index (Phi) is 2.53. The van der Waals surface area contributed by atoms with Crippen molar-refractivity contribution in [1.82, 2.24) is 19.7 Å². The molecule has 20 heavy (non-hydrogen) atoms. The minimum absolute atomic E-state index is 0.306. The zero-order valence-corrected chi connectivity index (χ0v) is 12.0. The van der Waals surface area contributed by atoms with Crippen LogP contribution < -0.4 is 5.73 Å². The molecule has 1 fully saturated rings. The second kappa shape index (κ2) is 4.28. The fourth-order valence-electron chi connectivity index (χ4n) is 2.37. The number of nitrogens with two attached hydrogens (primary N) is 1. The van der Waals surface area contributed by atoms with Crippen molar-refractivity contribution in [3.63, 3.8) is 0 Å². The van der Waals surface area contributed by atoms with Gasteiger partial charge in [0.25, 0.3) is 0 Å². The summed E-state index contributed by atoms with van der Waals surface area (Å²) in [5, 5.41) is 5.68. The minimum atomic E-state index is 0.306. The lowest BCUT2D eigenvalue weighted by molar-refractivity contribution is 0.818. The third-order valence-corrected chi connectivity index (χ3v) is 4.79. The number of thiophene rings is 1. The molecule has 5 nitrogen and oxygen atoms in total. The average molecular weight is 285 g/mol. The van der Waals surface area contributed by atoms with Crippen LogP contribution in [-0.4, -0.2) is 19.7 Å². The second-order valence-corrected chi connectivity index (χ2v) is 6.27. The third-order valence-electron chi connectivity index (χ3n) is 3.61. The van der Waals surface area contributed by atoms with Gasteiger partial charge in [-0.05, 0) is 31.4 Å². The van der Waals surface area contributed by atoms with Crippen LogP contribution in [0.4, 0.5) is 5.95 Å². The van der Waals surface area contributed by atoms with E-state index in [0.29, 0.717) is 11.9 Å². The van der Waals surface area contributed by atoms with Gasteiger partial charge in [0, 0.05) is 17.0 Å². The van der Waals surface area contributed by atoms with Gasteiger partial charge >= 0.3 is 0 Å². The van der Waals surface area contributed by atoms with Crippen LogP contribution in [0.2, 0.25) is 0 Å². The minimum Gasteiger partial charge on any atom is -0.368 e. The normalized spacial score (nSPS) is 15.1. The summed E-state index contributed by atoms with van der Waals surface area (Å²) in [4.78, 5) is 10.9. The number of hydrogen-bond donors (Lipinski definition) is 1. The summed E-state index contributed by atoms with van der Waals surface area (Å²) in [6.07, 6.45) is 5.46. The summed E-state index contributed by atoms with van der Waals surface area (Å²) < 4.78 is 1.83. The molecule has 0 radical (unpaired) electrons. The molecule has 3 aromatic rings. The van der Waals surface area contributed by atoms with Gasteiger partial charge in [-0.25, -0.2) is 9.67 Å². The van der Waals surface area contributed by atoms with E-state index in [0.717, 1.165) is 28.1 Å². The van der Waals surface area contributed by atoms with Crippen molar-refractivity contribution in [1.29, 1.82) is 0 Å². The number of nitrogen functional groups attached to an aromatic ring is 1. The molecule has 1 aliphatic rings. The van der Waals surface area contributed by atoms with Gasteiger partial charge in [-0.15, -0.1) is 11.3 Å². The lowest BCUT2D eigenvalue weighted by Gasteiger charge is -2.03. The highest BCUT2D eigenvalue weighted by molar-refractivity contribution is 7.18. The van der Waals surface area contributed by atoms with E-state index < -0.39 is 0 Å². The number of hydrogen-bond acceptors (Lipinski definition) is 5. The molecule has 3 aromatic heterocycles. The zero-order chi connectivity index (χ0) is 13.7. The Morgan fingerprint density at radius 3 is 3.00 bits per heavy atom. The van der Waals surface area contributed by atoms with E-state index >= 15 is 0 Å². The van der Waals surface area contributed by atoms with Gasteiger partial charge in [-0.3, -0.25) is 0 Å². The first-order valence-electron chi connectivity index (χ1n) is 6.86. The lowest BCUT2D eigenvalue weighted by Crippen LogP contribution is -2.04. The molecule has 0 aliphatic heterocycles. The predicted octanol–water partition coefficient (Wildman–Crippen LogP) is 2.90. The van der Waals surface area contributed by atoms with Crippen LogP contribution >= 0.6 is 11.3 Å². The number of rotatable bonds is 3. The maximum atomic E-state index is 5.84. The Labute approximate surface area is 120 Å². The van der Waals surface area contributed by atoms with Crippen LogP contribution in [-0.2, 0) is 6.42 Å². The van der Waals surface area contributed by atoms with Gasteiger partial charge in [0.15, 0.2) is 5.82 Å². The van der Waals surface area contributed by atoms with Gasteiger partial charge in [0.05, 0.1) is 11.1 Å². The molecule has 102 valence electrons. The number of aromatic nitrogens is 4. The summed E-state index contributed by atoms with van der Waals surface area (Å²) in [5.74, 6) is 1.73. The summed E-state index contributed by atoms with van der Waals surface area (Å²) in [7, 11) is 0. The molecule has 1 aliphatic carbocycles.